The van der Waals surface area contributed by atoms with Gasteiger partial charge >= 0.3 is 0 Å². The van der Waals surface area contributed by atoms with E-state index in [1.807, 2.05) is 30.3 Å². The lowest BCUT2D eigenvalue weighted by Crippen LogP contribution is -2.29. The lowest BCUT2D eigenvalue weighted by atomic mass is 10.0. The molecule has 0 spiro atoms. The third-order valence-corrected chi connectivity index (χ3v) is 5.29. The second-order valence-corrected chi connectivity index (χ2v) is 7.32. The zero-order valence-corrected chi connectivity index (χ0v) is 16.3. The number of rotatable bonds is 5. The number of piperidine rings is 1. The Hall–Kier alpha value is -3.40. The molecule has 0 unspecified atom stereocenters. The van der Waals surface area contributed by atoms with Crippen LogP contribution in [0.3, 0.4) is 0 Å². The van der Waals surface area contributed by atoms with Crippen LogP contribution in [0.1, 0.15) is 45.5 Å². The van der Waals surface area contributed by atoms with Crippen LogP contribution in [0.15, 0.2) is 78.9 Å². The van der Waals surface area contributed by atoms with Gasteiger partial charge in [-0.15, -0.1) is 0 Å². The van der Waals surface area contributed by atoms with Gasteiger partial charge in [0.1, 0.15) is 0 Å². The SMILES string of the molecule is O=C(Nc1ccc(N2CCCCC2)cc1)c1ccc(C(=O)c2ccccc2)cc1. The highest BCUT2D eigenvalue weighted by Crippen LogP contribution is 2.22. The van der Waals surface area contributed by atoms with Crippen molar-refractivity contribution >= 4 is 23.1 Å². The maximum Gasteiger partial charge on any atom is 0.255 e. The fraction of sp³-hybridized carbons (Fsp3) is 0.200. The standard InChI is InChI=1S/C25H24N2O2/c28-24(19-7-3-1-4-8-19)20-9-11-21(12-10-20)25(29)26-22-13-15-23(16-14-22)27-17-5-2-6-18-27/h1,3-4,7-16H,2,5-6,17-18H2,(H,26,29). The topological polar surface area (TPSA) is 49.4 Å². The van der Waals surface area contributed by atoms with E-state index in [1.165, 1.54) is 24.9 Å². The van der Waals surface area contributed by atoms with Crippen molar-refractivity contribution in [2.75, 3.05) is 23.3 Å². The number of nitrogens with one attached hydrogen (secondary N) is 1. The largest absolute Gasteiger partial charge is 0.372 e. The zero-order valence-electron chi connectivity index (χ0n) is 16.3. The Bertz CT molecular complexity index is 974. The summed E-state index contributed by atoms with van der Waals surface area (Å²) in [6.07, 6.45) is 3.78. The third kappa shape index (κ3) is 4.54. The van der Waals surface area contributed by atoms with E-state index < -0.39 is 0 Å². The molecule has 1 fully saturated rings. The summed E-state index contributed by atoms with van der Waals surface area (Å²) in [6.45, 7) is 2.19. The number of carbonyl (C=O) groups excluding carboxylic acids is 2. The van der Waals surface area contributed by atoms with E-state index in [0.717, 1.165) is 18.8 Å². The molecule has 0 aromatic heterocycles. The van der Waals surface area contributed by atoms with E-state index in [4.69, 9.17) is 0 Å². The Kier molecular flexibility index (Phi) is 5.71. The summed E-state index contributed by atoms with van der Waals surface area (Å²) in [5.41, 5.74) is 3.69. The van der Waals surface area contributed by atoms with Crippen molar-refractivity contribution in [2.45, 2.75) is 19.3 Å². The molecule has 0 bridgehead atoms. The van der Waals surface area contributed by atoms with E-state index in [9.17, 15) is 9.59 Å². The smallest absolute Gasteiger partial charge is 0.255 e. The summed E-state index contributed by atoms with van der Waals surface area (Å²) in [5.74, 6) is -0.236. The molecule has 1 heterocycles. The number of hydrogen-bond acceptors (Lipinski definition) is 3. The van der Waals surface area contributed by atoms with Crippen LogP contribution in [-0.4, -0.2) is 24.8 Å². The van der Waals surface area contributed by atoms with Gasteiger partial charge in [-0.1, -0.05) is 42.5 Å². The molecule has 4 heteroatoms. The van der Waals surface area contributed by atoms with Crippen LogP contribution >= 0.6 is 0 Å². The molecular formula is C25H24N2O2. The predicted molar refractivity (Wildman–Crippen MR) is 117 cm³/mol. The van der Waals surface area contributed by atoms with Crippen LogP contribution in [0, 0.1) is 0 Å². The molecule has 0 aliphatic carbocycles. The lowest BCUT2D eigenvalue weighted by Gasteiger charge is -2.28. The molecule has 1 aliphatic heterocycles. The highest BCUT2D eigenvalue weighted by Gasteiger charge is 2.13. The van der Waals surface area contributed by atoms with Crippen LogP contribution in [0.5, 0.6) is 0 Å². The van der Waals surface area contributed by atoms with Gasteiger partial charge in [0.05, 0.1) is 0 Å². The average Bonchev–Trinajstić information content (AvgIpc) is 2.80. The molecule has 4 rings (SSSR count). The predicted octanol–water partition coefficient (Wildman–Crippen LogP) is 5.16. The molecule has 4 nitrogen and oxygen atoms in total. The minimum atomic E-state index is -0.186. The van der Waals surface area contributed by atoms with Crippen LogP contribution in [0.2, 0.25) is 0 Å². The zero-order chi connectivity index (χ0) is 20.1. The van der Waals surface area contributed by atoms with Crippen molar-refractivity contribution in [3.05, 3.63) is 95.6 Å². The molecule has 0 saturated carbocycles. The van der Waals surface area contributed by atoms with Crippen molar-refractivity contribution in [3.8, 4) is 0 Å². The first kappa shape index (κ1) is 18.9. The van der Waals surface area contributed by atoms with Crippen molar-refractivity contribution in [1.29, 1.82) is 0 Å². The third-order valence-electron chi connectivity index (χ3n) is 5.29. The van der Waals surface area contributed by atoms with Crippen LogP contribution in [-0.2, 0) is 0 Å². The fourth-order valence-electron chi connectivity index (χ4n) is 3.64. The molecule has 3 aromatic carbocycles. The quantitative estimate of drug-likeness (QED) is 0.618. The van der Waals surface area contributed by atoms with Gasteiger partial charge in [-0.3, -0.25) is 9.59 Å². The first-order valence-electron chi connectivity index (χ1n) is 10.1. The molecule has 0 radical (unpaired) electrons. The molecule has 1 aliphatic rings. The number of carbonyl (C=O) groups is 2. The van der Waals surface area contributed by atoms with Crippen molar-refractivity contribution in [2.24, 2.45) is 0 Å². The molecule has 146 valence electrons. The Labute approximate surface area is 171 Å². The average molecular weight is 384 g/mol. The van der Waals surface area contributed by atoms with E-state index in [2.05, 4.69) is 22.3 Å². The highest BCUT2D eigenvalue weighted by molar-refractivity contribution is 6.10. The van der Waals surface area contributed by atoms with E-state index in [0.29, 0.717) is 16.7 Å². The molecule has 0 atom stereocenters. The van der Waals surface area contributed by atoms with Gasteiger partial charge < -0.3 is 10.2 Å². The van der Waals surface area contributed by atoms with E-state index in [-0.39, 0.29) is 11.7 Å². The van der Waals surface area contributed by atoms with Gasteiger partial charge in [0.25, 0.3) is 5.91 Å². The van der Waals surface area contributed by atoms with E-state index in [1.54, 1.807) is 36.4 Å². The Balaban J connectivity index is 1.40. The number of nitrogens with zero attached hydrogens (tertiary/aromatic N) is 1. The Morgan fingerprint density at radius 1 is 0.655 bits per heavy atom. The van der Waals surface area contributed by atoms with Crippen molar-refractivity contribution < 1.29 is 9.59 Å². The van der Waals surface area contributed by atoms with Crippen LogP contribution in [0.25, 0.3) is 0 Å². The van der Waals surface area contributed by atoms with Gasteiger partial charge in [-0.25, -0.2) is 0 Å². The first-order valence-corrected chi connectivity index (χ1v) is 10.1. The number of ketones is 1. The van der Waals surface area contributed by atoms with Gasteiger partial charge in [0, 0.05) is 41.2 Å². The molecule has 1 amide bonds. The summed E-state index contributed by atoms with van der Waals surface area (Å²) in [7, 11) is 0. The van der Waals surface area contributed by atoms with Gasteiger partial charge in [-0.2, -0.15) is 0 Å². The molecular weight excluding hydrogens is 360 g/mol. The number of amides is 1. The lowest BCUT2D eigenvalue weighted by molar-refractivity contribution is 0.102. The second-order valence-electron chi connectivity index (χ2n) is 7.32. The summed E-state index contributed by atoms with van der Waals surface area (Å²) in [5, 5.41) is 2.93. The Morgan fingerprint density at radius 2 is 1.24 bits per heavy atom. The van der Waals surface area contributed by atoms with Gasteiger partial charge in [-0.05, 0) is 55.7 Å². The van der Waals surface area contributed by atoms with Crippen LogP contribution in [0.4, 0.5) is 11.4 Å². The number of benzene rings is 3. The maximum atomic E-state index is 12.5. The fourth-order valence-corrected chi connectivity index (χ4v) is 3.64. The van der Waals surface area contributed by atoms with E-state index >= 15 is 0 Å². The molecule has 3 aromatic rings. The normalized spacial score (nSPS) is 13.7. The minimum Gasteiger partial charge on any atom is -0.372 e. The summed E-state index contributed by atoms with van der Waals surface area (Å²) in [6, 6.07) is 23.9. The Morgan fingerprint density at radius 3 is 1.90 bits per heavy atom. The summed E-state index contributed by atoms with van der Waals surface area (Å²) >= 11 is 0. The summed E-state index contributed by atoms with van der Waals surface area (Å²) in [4.78, 5) is 27.4. The highest BCUT2D eigenvalue weighted by atomic mass is 16.1. The number of hydrogen-bond donors (Lipinski definition) is 1. The summed E-state index contributed by atoms with van der Waals surface area (Å²) < 4.78 is 0. The second kappa shape index (κ2) is 8.74. The number of anilines is 2. The molecule has 1 N–H and O–H groups in total. The molecule has 29 heavy (non-hydrogen) atoms. The maximum absolute atomic E-state index is 12.5. The van der Waals surface area contributed by atoms with Crippen molar-refractivity contribution in [3.63, 3.8) is 0 Å². The van der Waals surface area contributed by atoms with Gasteiger partial charge in [0.15, 0.2) is 5.78 Å². The monoisotopic (exact) mass is 384 g/mol. The van der Waals surface area contributed by atoms with Crippen LogP contribution < -0.4 is 10.2 Å². The molecule has 1 saturated heterocycles. The minimum absolute atomic E-state index is 0.0501. The van der Waals surface area contributed by atoms with Crippen molar-refractivity contribution in [1.82, 2.24) is 0 Å². The first-order chi connectivity index (χ1) is 14.2. The van der Waals surface area contributed by atoms with Gasteiger partial charge in [0.2, 0.25) is 0 Å².